The lowest BCUT2D eigenvalue weighted by atomic mass is 9.95. The molecule has 1 aliphatic rings. The predicted octanol–water partition coefficient (Wildman–Crippen LogP) is 3.24. The summed E-state index contributed by atoms with van der Waals surface area (Å²) in [4.78, 5) is 0. The third kappa shape index (κ3) is 2.44. The Labute approximate surface area is 98.6 Å². The summed E-state index contributed by atoms with van der Waals surface area (Å²) in [5.41, 5.74) is -0.385. The molecule has 1 heterocycles. The topological polar surface area (TPSA) is 12.0 Å². The zero-order valence-corrected chi connectivity index (χ0v) is 9.71. The molecule has 82 valence electrons. The Balaban J connectivity index is 2.20. The minimum atomic E-state index is -1.17. The van der Waals surface area contributed by atoms with Crippen LogP contribution in [0.1, 0.15) is 12.0 Å². The zero-order valence-electron chi connectivity index (χ0n) is 8.19. The lowest BCUT2D eigenvalue weighted by molar-refractivity contribution is 0.190. The van der Waals surface area contributed by atoms with Gasteiger partial charge in [-0.05, 0) is 24.6 Å². The van der Waals surface area contributed by atoms with Gasteiger partial charge in [0.05, 0.1) is 10.0 Å². The molecule has 1 aromatic rings. The van der Waals surface area contributed by atoms with E-state index in [4.69, 9.17) is 23.2 Å². The molecule has 1 aliphatic heterocycles. The lowest BCUT2D eigenvalue weighted by Gasteiger charge is -2.18. The number of hydrogen-bond donors (Lipinski definition) is 1. The summed E-state index contributed by atoms with van der Waals surface area (Å²) >= 11 is 11.9. The fraction of sp³-hybridized carbons (Fsp3) is 0.455. The van der Waals surface area contributed by atoms with E-state index in [2.05, 4.69) is 5.32 Å². The van der Waals surface area contributed by atoms with Gasteiger partial charge in [0.1, 0.15) is 5.67 Å². The molecule has 1 nitrogen and oxygen atoms in total. The highest BCUT2D eigenvalue weighted by Gasteiger charge is 2.34. The second kappa shape index (κ2) is 4.28. The van der Waals surface area contributed by atoms with E-state index in [0.717, 1.165) is 12.1 Å². The normalized spacial score (nSPS) is 25.8. The van der Waals surface area contributed by atoms with Crippen LogP contribution < -0.4 is 5.32 Å². The van der Waals surface area contributed by atoms with E-state index in [1.807, 2.05) is 6.07 Å². The molecule has 2 rings (SSSR count). The molecule has 1 saturated heterocycles. The number of rotatable bonds is 2. The van der Waals surface area contributed by atoms with Crippen LogP contribution in [0.2, 0.25) is 10.0 Å². The highest BCUT2D eigenvalue weighted by Crippen LogP contribution is 2.31. The second-order valence-electron chi connectivity index (χ2n) is 3.97. The smallest absolute Gasteiger partial charge is 0.128 e. The van der Waals surface area contributed by atoms with Gasteiger partial charge in [-0.15, -0.1) is 0 Å². The Morgan fingerprint density at radius 1 is 1.40 bits per heavy atom. The molecule has 1 N–H and O–H groups in total. The molecule has 0 spiro atoms. The maximum absolute atomic E-state index is 14.1. The highest BCUT2D eigenvalue weighted by atomic mass is 35.5. The number of benzene rings is 1. The van der Waals surface area contributed by atoms with Crippen molar-refractivity contribution >= 4 is 23.2 Å². The van der Waals surface area contributed by atoms with Crippen LogP contribution in [-0.4, -0.2) is 18.8 Å². The SMILES string of the molecule is FC1(Cc2cccc(Cl)c2Cl)CCNC1. The van der Waals surface area contributed by atoms with Crippen LogP contribution >= 0.6 is 23.2 Å². The van der Waals surface area contributed by atoms with Crippen LogP contribution in [0.3, 0.4) is 0 Å². The Morgan fingerprint density at radius 2 is 2.20 bits per heavy atom. The summed E-state index contributed by atoms with van der Waals surface area (Å²) in [6.45, 7) is 1.13. The summed E-state index contributed by atoms with van der Waals surface area (Å²) in [7, 11) is 0. The van der Waals surface area contributed by atoms with Crippen molar-refractivity contribution in [2.75, 3.05) is 13.1 Å². The minimum Gasteiger partial charge on any atom is -0.313 e. The van der Waals surface area contributed by atoms with Gasteiger partial charge in [-0.1, -0.05) is 35.3 Å². The molecular weight excluding hydrogens is 236 g/mol. The minimum absolute atomic E-state index is 0.333. The molecular formula is C11H12Cl2FN. The fourth-order valence-corrected chi connectivity index (χ4v) is 2.28. The molecule has 1 unspecified atom stereocenters. The second-order valence-corrected chi connectivity index (χ2v) is 4.75. The van der Waals surface area contributed by atoms with Crippen LogP contribution in [0.25, 0.3) is 0 Å². The van der Waals surface area contributed by atoms with Gasteiger partial charge in [0, 0.05) is 13.0 Å². The summed E-state index contributed by atoms with van der Waals surface area (Å²) in [6, 6.07) is 5.34. The molecule has 0 bridgehead atoms. The van der Waals surface area contributed by atoms with E-state index < -0.39 is 5.67 Å². The van der Waals surface area contributed by atoms with Gasteiger partial charge < -0.3 is 5.32 Å². The molecule has 0 saturated carbocycles. The van der Waals surface area contributed by atoms with E-state index in [-0.39, 0.29) is 0 Å². The first-order valence-corrected chi connectivity index (χ1v) is 5.69. The van der Waals surface area contributed by atoms with E-state index in [9.17, 15) is 4.39 Å². The summed E-state index contributed by atoms with van der Waals surface area (Å²) in [5, 5.41) is 3.98. The van der Waals surface area contributed by atoms with Crippen LogP contribution in [0.15, 0.2) is 18.2 Å². The third-order valence-corrected chi connectivity index (χ3v) is 3.59. The Hall–Kier alpha value is -0.310. The number of hydrogen-bond acceptors (Lipinski definition) is 1. The maximum atomic E-state index is 14.1. The van der Waals surface area contributed by atoms with Crippen molar-refractivity contribution in [3.63, 3.8) is 0 Å². The summed E-state index contributed by atoms with van der Waals surface area (Å²) in [6.07, 6.45) is 0.870. The first-order chi connectivity index (χ1) is 7.11. The van der Waals surface area contributed by atoms with Crippen molar-refractivity contribution in [2.24, 2.45) is 0 Å². The first kappa shape index (κ1) is 11.2. The Morgan fingerprint density at radius 3 is 2.87 bits per heavy atom. The van der Waals surface area contributed by atoms with Crippen molar-refractivity contribution in [1.29, 1.82) is 0 Å². The predicted molar refractivity (Wildman–Crippen MR) is 61.5 cm³/mol. The number of nitrogens with one attached hydrogen (secondary N) is 1. The molecule has 0 radical (unpaired) electrons. The van der Waals surface area contributed by atoms with Crippen molar-refractivity contribution in [2.45, 2.75) is 18.5 Å². The average molecular weight is 248 g/mol. The molecule has 0 amide bonds. The fourth-order valence-electron chi connectivity index (χ4n) is 1.89. The zero-order chi connectivity index (χ0) is 10.9. The van der Waals surface area contributed by atoms with E-state index in [1.54, 1.807) is 12.1 Å². The first-order valence-electron chi connectivity index (χ1n) is 4.93. The van der Waals surface area contributed by atoms with Gasteiger partial charge in [0.25, 0.3) is 0 Å². The van der Waals surface area contributed by atoms with Crippen LogP contribution in [0.4, 0.5) is 4.39 Å². The van der Waals surface area contributed by atoms with Crippen LogP contribution in [-0.2, 0) is 6.42 Å². The van der Waals surface area contributed by atoms with Crippen molar-refractivity contribution < 1.29 is 4.39 Å². The van der Waals surface area contributed by atoms with E-state index >= 15 is 0 Å². The van der Waals surface area contributed by atoms with Crippen molar-refractivity contribution in [1.82, 2.24) is 5.32 Å². The quantitative estimate of drug-likeness (QED) is 0.847. The van der Waals surface area contributed by atoms with E-state index in [1.165, 1.54) is 0 Å². The molecule has 15 heavy (non-hydrogen) atoms. The van der Waals surface area contributed by atoms with Gasteiger partial charge in [0.15, 0.2) is 0 Å². The van der Waals surface area contributed by atoms with Gasteiger partial charge in [-0.3, -0.25) is 0 Å². The van der Waals surface area contributed by atoms with E-state index in [0.29, 0.717) is 29.4 Å². The molecule has 1 atom stereocenters. The van der Waals surface area contributed by atoms with Crippen molar-refractivity contribution in [3.8, 4) is 0 Å². The summed E-state index contributed by atoms with van der Waals surface area (Å²) in [5.74, 6) is 0. The van der Waals surface area contributed by atoms with Gasteiger partial charge in [0.2, 0.25) is 0 Å². The largest absolute Gasteiger partial charge is 0.313 e. The average Bonchev–Trinajstić information content (AvgIpc) is 2.60. The number of halogens is 3. The highest BCUT2D eigenvalue weighted by molar-refractivity contribution is 6.42. The Kier molecular flexibility index (Phi) is 3.19. The molecule has 0 aliphatic carbocycles. The van der Waals surface area contributed by atoms with Crippen LogP contribution in [0.5, 0.6) is 0 Å². The molecule has 0 aromatic heterocycles. The third-order valence-electron chi connectivity index (χ3n) is 2.73. The van der Waals surface area contributed by atoms with Crippen molar-refractivity contribution in [3.05, 3.63) is 33.8 Å². The van der Waals surface area contributed by atoms with Gasteiger partial charge in [-0.25, -0.2) is 4.39 Å². The summed E-state index contributed by atoms with van der Waals surface area (Å²) < 4.78 is 14.1. The molecule has 1 aromatic carbocycles. The molecule has 1 fully saturated rings. The Bertz CT molecular complexity index is 362. The van der Waals surface area contributed by atoms with Crippen LogP contribution in [0, 0.1) is 0 Å². The molecule has 4 heteroatoms. The lowest BCUT2D eigenvalue weighted by Crippen LogP contribution is -2.28. The van der Waals surface area contributed by atoms with Gasteiger partial charge in [-0.2, -0.15) is 0 Å². The maximum Gasteiger partial charge on any atom is 0.128 e. The monoisotopic (exact) mass is 247 g/mol. The standard InChI is InChI=1S/C11H12Cl2FN/c12-9-3-1-2-8(10(9)13)6-11(14)4-5-15-7-11/h1-3,15H,4-7H2. The van der Waals surface area contributed by atoms with Gasteiger partial charge >= 0.3 is 0 Å². The number of alkyl halides is 1.